The number of pyridine rings is 2. The number of hydrogen-bond acceptors (Lipinski definition) is 7. The lowest BCUT2D eigenvalue weighted by molar-refractivity contribution is -0.155. The zero-order chi connectivity index (χ0) is 34.2. The van der Waals surface area contributed by atoms with Crippen LogP contribution in [0.2, 0.25) is 0 Å². The third-order valence-corrected chi connectivity index (χ3v) is 9.73. The minimum absolute atomic E-state index is 0.0876. The highest BCUT2D eigenvalue weighted by molar-refractivity contribution is 6.31. The highest BCUT2D eigenvalue weighted by Gasteiger charge is 2.31. The van der Waals surface area contributed by atoms with E-state index in [0.29, 0.717) is 68.6 Å². The van der Waals surface area contributed by atoms with Crippen molar-refractivity contribution in [1.82, 2.24) is 24.3 Å². The third-order valence-electron chi connectivity index (χ3n) is 9.73. The van der Waals surface area contributed by atoms with E-state index in [9.17, 15) is 23.9 Å². The van der Waals surface area contributed by atoms with Crippen molar-refractivity contribution in [2.75, 3.05) is 51.3 Å². The zero-order valence-electron chi connectivity index (χ0n) is 27.7. The summed E-state index contributed by atoms with van der Waals surface area (Å²) in [7, 11) is 1.49. The number of hydrogen-bond donors (Lipinski definition) is 1. The summed E-state index contributed by atoms with van der Waals surface area (Å²) in [5, 5.41) is 10.3. The fourth-order valence-corrected chi connectivity index (χ4v) is 7.07. The molecule has 0 radical (unpaired) electrons. The first-order valence-corrected chi connectivity index (χ1v) is 16.8. The number of aliphatic carboxylic acids is 1. The Bertz CT molecular complexity index is 1980. The maximum Gasteiger partial charge on any atom is 0.394 e. The van der Waals surface area contributed by atoms with Crippen molar-refractivity contribution in [1.29, 1.82) is 0 Å². The van der Waals surface area contributed by atoms with Gasteiger partial charge in [-0.2, -0.15) is 0 Å². The molecule has 1 aromatic carbocycles. The van der Waals surface area contributed by atoms with Crippen LogP contribution < -0.4 is 9.64 Å². The molecule has 0 spiro atoms. The number of anilines is 1. The van der Waals surface area contributed by atoms with Gasteiger partial charge in [0, 0.05) is 91.5 Å². The summed E-state index contributed by atoms with van der Waals surface area (Å²) in [5.74, 6) is -1.49. The summed E-state index contributed by atoms with van der Waals surface area (Å²) in [5.41, 5.74) is 6.22. The van der Waals surface area contributed by atoms with Gasteiger partial charge >= 0.3 is 11.9 Å². The van der Waals surface area contributed by atoms with Crippen molar-refractivity contribution >= 4 is 40.1 Å². The first-order chi connectivity index (χ1) is 23.7. The smallest absolute Gasteiger partial charge is 0.394 e. The van der Waals surface area contributed by atoms with Gasteiger partial charge in [-0.3, -0.25) is 14.6 Å². The molecule has 3 aliphatic rings. The summed E-state index contributed by atoms with van der Waals surface area (Å²) < 4.78 is 21.5. The van der Waals surface area contributed by atoms with Crippen molar-refractivity contribution in [3.63, 3.8) is 0 Å². The number of carbonyl (C=O) groups is 3. The van der Waals surface area contributed by atoms with Crippen LogP contribution in [0.5, 0.6) is 5.75 Å². The van der Waals surface area contributed by atoms with Crippen molar-refractivity contribution < 1.29 is 28.6 Å². The van der Waals surface area contributed by atoms with Gasteiger partial charge in [-0.1, -0.05) is 19.1 Å². The van der Waals surface area contributed by atoms with Gasteiger partial charge < -0.3 is 29.1 Å². The first-order valence-electron chi connectivity index (χ1n) is 16.8. The van der Waals surface area contributed by atoms with Crippen LogP contribution in [0.25, 0.3) is 27.6 Å². The van der Waals surface area contributed by atoms with E-state index in [-0.39, 0.29) is 12.5 Å². The molecule has 12 heteroatoms. The van der Waals surface area contributed by atoms with E-state index in [1.807, 2.05) is 28.0 Å². The number of aromatic nitrogens is 3. The van der Waals surface area contributed by atoms with Crippen LogP contribution in [-0.2, 0) is 22.6 Å². The van der Waals surface area contributed by atoms with Gasteiger partial charge in [0.25, 0.3) is 5.91 Å². The average molecular weight is 667 g/mol. The summed E-state index contributed by atoms with van der Waals surface area (Å²) >= 11 is 0. The fraction of sp³-hybridized carbons (Fsp3) is 0.378. The average Bonchev–Trinajstić information content (AvgIpc) is 3.89. The minimum Gasteiger partial charge on any atom is -0.493 e. The number of benzene rings is 1. The van der Waals surface area contributed by atoms with E-state index >= 15 is 0 Å². The molecule has 2 fully saturated rings. The molecule has 0 bridgehead atoms. The van der Waals surface area contributed by atoms with Crippen LogP contribution in [0, 0.1) is 11.7 Å². The quantitative estimate of drug-likeness (QED) is 0.264. The number of nitrogens with zero attached hydrogens (tertiary/aromatic N) is 6. The van der Waals surface area contributed by atoms with E-state index in [1.165, 1.54) is 24.3 Å². The molecule has 49 heavy (non-hydrogen) atoms. The molecule has 1 aliphatic carbocycles. The standard InChI is InChI=1S/C37H39FN6O5/c1-3-30-28(7-4-10-39-30)29-17-26(35(45)42-14-12-41(13-15-42)34-32(49-2)19-27(38)20-40-34)16-25-18-31(44(33(25)29)21-23-8-9-23)24-6-5-11-43(22-24)36(46)37(47)48/h4,6-7,10,16-20,23H,3,5,8-9,11-15,21-22H2,1-2H3,(H,47,48). The Labute approximate surface area is 283 Å². The lowest BCUT2D eigenvalue weighted by atomic mass is 9.97. The van der Waals surface area contributed by atoms with Crippen LogP contribution in [0.1, 0.15) is 47.9 Å². The molecule has 0 unspecified atom stereocenters. The molecule has 254 valence electrons. The Morgan fingerprint density at radius 2 is 1.80 bits per heavy atom. The van der Waals surface area contributed by atoms with Crippen LogP contribution in [0.3, 0.4) is 0 Å². The van der Waals surface area contributed by atoms with Crippen LogP contribution >= 0.6 is 0 Å². The SMILES string of the molecule is CCc1ncccc1-c1cc(C(=O)N2CCN(c3ncc(F)cc3OC)CC2)cc2cc(C3=CCCN(C(=O)C(=O)O)C3)n(CC3CC3)c12. The number of carboxylic acid groups (broad SMARTS) is 1. The lowest BCUT2D eigenvalue weighted by Crippen LogP contribution is -2.49. The monoisotopic (exact) mass is 666 g/mol. The molecular weight excluding hydrogens is 627 g/mol. The lowest BCUT2D eigenvalue weighted by Gasteiger charge is -2.36. The molecule has 1 saturated heterocycles. The maximum absolute atomic E-state index is 14.2. The summed E-state index contributed by atoms with van der Waals surface area (Å²) in [6.45, 7) is 5.35. The predicted molar refractivity (Wildman–Crippen MR) is 183 cm³/mol. The Hall–Kier alpha value is -5.26. The van der Waals surface area contributed by atoms with E-state index in [0.717, 1.165) is 58.4 Å². The zero-order valence-corrected chi connectivity index (χ0v) is 27.7. The number of methoxy groups -OCH3 is 1. The minimum atomic E-state index is -1.46. The Morgan fingerprint density at radius 1 is 1.00 bits per heavy atom. The van der Waals surface area contributed by atoms with Crippen molar-refractivity contribution in [2.45, 2.75) is 39.2 Å². The number of rotatable bonds is 8. The number of carboxylic acids is 1. The summed E-state index contributed by atoms with van der Waals surface area (Å²) in [4.78, 5) is 52.4. The summed E-state index contributed by atoms with van der Waals surface area (Å²) in [6.07, 6.45) is 8.59. The number of carbonyl (C=O) groups excluding carboxylic acids is 2. The topological polar surface area (TPSA) is 121 Å². The number of amides is 2. The van der Waals surface area contributed by atoms with Gasteiger partial charge in [-0.05, 0) is 61.4 Å². The molecule has 1 saturated carbocycles. The fourth-order valence-electron chi connectivity index (χ4n) is 7.07. The largest absolute Gasteiger partial charge is 0.493 e. The number of aryl methyl sites for hydroxylation is 1. The second-order valence-electron chi connectivity index (χ2n) is 12.9. The molecule has 0 atom stereocenters. The highest BCUT2D eigenvalue weighted by Crippen LogP contribution is 2.40. The van der Waals surface area contributed by atoms with Gasteiger partial charge in [-0.25, -0.2) is 14.2 Å². The molecule has 3 aromatic heterocycles. The van der Waals surface area contributed by atoms with Gasteiger partial charge in [0.1, 0.15) is 5.82 Å². The van der Waals surface area contributed by atoms with Crippen molar-refractivity contribution in [2.24, 2.45) is 5.92 Å². The number of fused-ring (bicyclic) bond motifs is 1. The van der Waals surface area contributed by atoms with Gasteiger partial charge in [-0.15, -0.1) is 0 Å². The molecular formula is C37H39FN6O5. The number of piperazine rings is 1. The first kappa shape index (κ1) is 32.3. The van der Waals surface area contributed by atoms with Crippen molar-refractivity contribution in [3.8, 4) is 16.9 Å². The maximum atomic E-state index is 14.2. The summed E-state index contributed by atoms with van der Waals surface area (Å²) in [6, 6.07) is 11.3. The van der Waals surface area contributed by atoms with Crippen LogP contribution in [0.15, 0.2) is 54.9 Å². The van der Waals surface area contributed by atoms with E-state index in [4.69, 9.17) is 4.74 Å². The molecule has 7 rings (SSSR count). The Balaban J connectivity index is 1.28. The second-order valence-corrected chi connectivity index (χ2v) is 12.9. The predicted octanol–water partition coefficient (Wildman–Crippen LogP) is 4.88. The second kappa shape index (κ2) is 13.3. The molecule has 2 amide bonds. The number of halogens is 1. The molecule has 1 N–H and O–H groups in total. The van der Waals surface area contributed by atoms with Crippen molar-refractivity contribution in [3.05, 3.63) is 77.6 Å². The molecule has 11 nitrogen and oxygen atoms in total. The van der Waals surface area contributed by atoms with Gasteiger partial charge in [0.15, 0.2) is 11.6 Å². The normalized spacial score (nSPS) is 16.6. The van der Waals surface area contributed by atoms with Crippen LogP contribution in [-0.4, -0.2) is 93.6 Å². The molecule has 5 heterocycles. The van der Waals surface area contributed by atoms with Crippen LogP contribution in [0.4, 0.5) is 10.2 Å². The third kappa shape index (κ3) is 6.34. The molecule has 4 aromatic rings. The van der Waals surface area contributed by atoms with Gasteiger partial charge in [0.05, 0.1) is 18.8 Å². The van der Waals surface area contributed by atoms with E-state index in [2.05, 4.69) is 39.7 Å². The Morgan fingerprint density at radius 3 is 2.51 bits per heavy atom. The van der Waals surface area contributed by atoms with E-state index in [1.54, 1.807) is 6.20 Å². The highest BCUT2D eigenvalue weighted by atomic mass is 19.1. The molecule has 2 aliphatic heterocycles. The Kier molecular flexibility index (Phi) is 8.79. The van der Waals surface area contributed by atoms with Gasteiger partial charge in [0.2, 0.25) is 0 Å². The number of ether oxygens (including phenoxy) is 1. The van der Waals surface area contributed by atoms with E-state index < -0.39 is 17.7 Å².